The van der Waals surface area contributed by atoms with Gasteiger partial charge in [-0.15, -0.1) is 0 Å². The Hall–Kier alpha value is -1.71. The lowest BCUT2D eigenvalue weighted by Gasteiger charge is -2.27. The standard InChI is InChI=1S/C14H22N2O2/c1-5-8-16(10(2)3)14(17)12-9-11(15)6-7-13(12)18-4/h6-7,9-10H,5,8,15H2,1-4H3. The Morgan fingerprint density at radius 1 is 1.44 bits per heavy atom. The molecule has 4 nitrogen and oxygen atoms in total. The molecule has 1 aromatic rings. The van der Waals surface area contributed by atoms with Crippen molar-refractivity contribution in [2.45, 2.75) is 33.2 Å². The molecule has 0 bridgehead atoms. The van der Waals surface area contributed by atoms with E-state index in [4.69, 9.17) is 10.5 Å². The van der Waals surface area contributed by atoms with Crippen LogP contribution in [0.3, 0.4) is 0 Å². The number of nitrogen functional groups attached to an aromatic ring is 1. The normalized spacial score (nSPS) is 10.5. The zero-order chi connectivity index (χ0) is 13.7. The Morgan fingerprint density at radius 3 is 2.61 bits per heavy atom. The van der Waals surface area contributed by atoms with Crippen LogP contribution in [0.25, 0.3) is 0 Å². The zero-order valence-corrected chi connectivity index (χ0v) is 11.6. The van der Waals surface area contributed by atoms with Gasteiger partial charge in [-0.25, -0.2) is 0 Å². The maximum Gasteiger partial charge on any atom is 0.257 e. The molecule has 1 rings (SSSR count). The number of rotatable bonds is 5. The van der Waals surface area contributed by atoms with Crippen molar-refractivity contribution in [1.29, 1.82) is 0 Å². The van der Waals surface area contributed by atoms with E-state index in [0.717, 1.165) is 13.0 Å². The van der Waals surface area contributed by atoms with E-state index in [0.29, 0.717) is 17.0 Å². The minimum Gasteiger partial charge on any atom is -0.496 e. The number of anilines is 1. The second kappa shape index (κ2) is 6.28. The van der Waals surface area contributed by atoms with Crippen LogP contribution in [0.4, 0.5) is 5.69 Å². The summed E-state index contributed by atoms with van der Waals surface area (Å²) in [4.78, 5) is 14.3. The largest absolute Gasteiger partial charge is 0.496 e. The van der Waals surface area contributed by atoms with Crippen LogP contribution in [-0.2, 0) is 0 Å². The van der Waals surface area contributed by atoms with E-state index in [-0.39, 0.29) is 11.9 Å². The van der Waals surface area contributed by atoms with E-state index in [1.54, 1.807) is 25.3 Å². The number of hydrogen-bond donors (Lipinski definition) is 1. The van der Waals surface area contributed by atoms with Crippen molar-refractivity contribution in [3.63, 3.8) is 0 Å². The molecule has 0 atom stereocenters. The highest BCUT2D eigenvalue weighted by Crippen LogP contribution is 2.23. The third kappa shape index (κ3) is 3.15. The molecule has 1 amide bonds. The quantitative estimate of drug-likeness (QED) is 0.817. The van der Waals surface area contributed by atoms with Gasteiger partial charge in [0.05, 0.1) is 12.7 Å². The van der Waals surface area contributed by atoms with Crippen LogP contribution in [0.5, 0.6) is 5.75 Å². The summed E-state index contributed by atoms with van der Waals surface area (Å²) in [6.07, 6.45) is 0.925. The first-order valence-corrected chi connectivity index (χ1v) is 6.25. The Balaban J connectivity index is 3.11. The molecule has 0 spiro atoms. The van der Waals surface area contributed by atoms with Crippen molar-refractivity contribution in [2.75, 3.05) is 19.4 Å². The summed E-state index contributed by atoms with van der Waals surface area (Å²) < 4.78 is 5.23. The van der Waals surface area contributed by atoms with Gasteiger partial charge >= 0.3 is 0 Å². The van der Waals surface area contributed by atoms with E-state index in [1.165, 1.54) is 0 Å². The molecule has 0 aliphatic heterocycles. The first kappa shape index (κ1) is 14.4. The predicted octanol–water partition coefficient (Wildman–Crippen LogP) is 2.54. The summed E-state index contributed by atoms with van der Waals surface area (Å²) in [5.41, 5.74) is 6.84. The third-order valence-electron chi connectivity index (χ3n) is 2.80. The summed E-state index contributed by atoms with van der Waals surface area (Å²) in [6.45, 7) is 6.80. The van der Waals surface area contributed by atoms with Crippen LogP contribution in [-0.4, -0.2) is 30.5 Å². The van der Waals surface area contributed by atoms with Gasteiger partial charge in [-0.05, 0) is 38.5 Å². The maximum atomic E-state index is 12.5. The highest BCUT2D eigenvalue weighted by atomic mass is 16.5. The van der Waals surface area contributed by atoms with E-state index in [1.807, 2.05) is 18.7 Å². The molecule has 0 saturated heterocycles. The second-order valence-electron chi connectivity index (χ2n) is 4.55. The number of ether oxygens (including phenoxy) is 1. The molecule has 0 radical (unpaired) electrons. The van der Waals surface area contributed by atoms with Crippen molar-refractivity contribution in [1.82, 2.24) is 4.90 Å². The van der Waals surface area contributed by atoms with E-state index in [2.05, 4.69) is 6.92 Å². The number of carbonyl (C=O) groups is 1. The first-order valence-electron chi connectivity index (χ1n) is 6.25. The molecule has 0 aliphatic rings. The number of methoxy groups -OCH3 is 1. The van der Waals surface area contributed by atoms with E-state index < -0.39 is 0 Å². The van der Waals surface area contributed by atoms with Gasteiger partial charge in [0.25, 0.3) is 5.91 Å². The van der Waals surface area contributed by atoms with Crippen LogP contribution in [0.15, 0.2) is 18.2 Å². The molecule has 0 aromatic heterocycles. The summed E-state index contributed by atoms with van der Waals surface area (Å²) >= 11 is 0. The molecule has 18 heavy (non-hydrogen) atoms. The van der Waals surface area contributed by atoms with Crippen molar-refractivity contribution in [2.24, 2.45) is 0 Å². The summed E-state index contributed by atoms with van der Waals surface area (Å²) in [6, 6.07) is 5.29. The fourth-order valence-corrected chi connectivity index (χ4v) is 1.88. The van der Waals surface area contributed by atoms with Crippen molar-refractivity contribution in [3.8, 4) is 5.75 Å². The number of nitrogens with zero attached hydrogens (tertiary/aromatic N) is 1. The maximum absolute atomic E-state index is 12.5. The van der Waals surface area contributed by atoms with Gasteiger partial charge in [0.2, 0.25) is 0 Å². The van der Waals surface area contributed by atoms with E-state index in [9.17, 15) is 4.79 Å². The predicted molar refractivity (Wildman–Crippen MR) is 73.9 cm³/mol. The fourth-order valence-electron chi connectivity index (χ4n) is 1.88. The van der Waals surface area contributed by atoms with Crippen molar-refractivity contribution >= 4 is 11.6 Å². The number of carbonyl (C=O) groups excluding carboxylic acids is 1. The van der Waals surface area contributed by atoms with Crippen LogP contribution in [0.1, 0.15) is 37.6 Å². The van der Waals surface area contributed by atoms with Gasteiger partial charge in [-0.2, -0.15) is 0 Å². The highest BCUT2D eigenvalue weighted by molar-refractivity contribution is 5.98. The minimum absolute atomic E-state index is 0.0315. The van der Waals surface area contributed by atoms with Crippen molar-refractivity contribution < 1.29 is 9.53 Å². The number of hydrogen-bond acceptors (Lipinski definition) is 3. The van der Waals surface area contributed by atoms with E-state index >= 15 is 0 Å². The molecule has 1 aromatic carbocycles. The smallest absolute Gasteiger partial charge is 0.257 e. The topological polar surface area (TPSA) is 55.6 Å². The monoisotopic (exact) mass is 250 g/mol. The average Bonchev–Trinajstić information content (AvgIpc) is 2.34. The lowest BCUT2D eigenvalue weighted by atomic mass is 10.1. The summed E-state index contributed by atoms with van der Waals surface area (Å²) in [5, 5.41) is 0. The Labute approximate surface area is 109 Å². The molecule has 0 heterocycles. The second-order valence-corrected chi connectivity index (χ2v) is 4.55. The van der Waals surface area contributed by atoms with Crippen LogP contribution in [0, 0.1) is 0 Å². The molecule has 0 unspecified atom stereocenters. The van der Waals surface area contributed by atoms with Crippen molar-refractivity contribution in [3.05, 3.63) is 23.8 Å². The van der Waals surface area contributed by atoms with Gasteiger partial charge in [-0.1, -0.05) is 6.92 Å². The number of benzene rings is 1. The lowest BCUT2D eigenvalue weighted by Crippen LogP contribution is -2.37. The highest BCUT2D eigenvalue weighted by Gasteiger charge is 2.21. The fraction of sp³-hybridized carbons (Fsp3) is 0.500. The van der Waals surface area contributed by atoms with Crippen LogP contribution in [0.2, 0.25) is 0 Å². The zero-order valence-electron chi connectivity index (χ0n) is 11.6. The average molecular weight is 250 g/mol. The molecule has 100 valence electrons. The van der Waals surface area contributed by atoms with Gasteiger partial charge in [-0.3, -0.25) is 4.79 Å². The lowest BCUT2D eigenvalue weighted by molar-refractivity contribution is 0.0702. The van der Waals surface area contributed by atoms with Crippen LogP contribution >= 0.6 is 0 Å². The van der Waals surface area contributed by atoms with Gasteiger partial charge in [0.15, 0.2) is 0 Å². The third-order valence-corrected chi connectivity index (χ3v) is 2.80. The Kier molecular flexibility index (Phi) is 5.01. The SMILES string of the molecule is CCCN(C(=O)c1cc(N)ccc1OC)C(C)C. The van der Waals surface area contributed by atoms with Gasteiger partial charge in [0.1, 0.15) is 5.75 Å². The first-order chi connectivity index (χ1) is 8.51. The van der Waals surface area contributed by atoms with Gasteiger partial charge < -0.3 is 15.4 Å². The molecule has 0 saturated carbocycles. The molecular weight excluding hydrogens is 228 g/mol. The molecule has 0 aliphatic carbocycles. The summed E-state index contributed by atoms with van der Waals surface area (Å²) in [5.74, 6) is 0.534. The Morgan fingerprint density at radius 2 is 2.11 bits per heavy atom. The number of amides is 1. The number of nitrogens with two attached hydrogens (primary N) is 1. The molecule has 2 N–H and O–H groups in total. The Bertz CT molecular complexity index is 416. The molecular formula is C14H22N2O2. The molecule has 4 heteroatoms. The minimum atomic E-state index is -0.0315. The van der Waals surface area contributed by atoms with Gasteiger partial charge in [0, 0.05) is 18.3 Å². The molecule has 0 fully saturated rings. The van der Waals surface area contributed by atoms with Crippen LogP contribution < -0.4 is 10.5 Å². The summed E-state index contributed by atoms with van der Waals surface area (Å²) in [7, 11) is 1.56.